The molecule has 9 heteroatoms. The Kier molecular flexibility index (Phi) is 7.49. The smallest absolute Gasteiger partial charge is 0.258 e. The quantitative estimate of drug-likeness (QED) is 0.315. The van der Waals surface area contributed by atoms with Gasteiger partial charge in [-0.15, -0.1) is 0 Å². The van der Waals surface area contributed by atoms with E-state index in [2.05, 4.69) is 52.1 Å². The van der Waals surface area contributed by atoms with Crippen LogP contribution in [0.15, 0.2) is 56.2 Å². The lowest BCUT2D eigenvalue weighted by Gasteiger charge is -1.88. The van der Waals surface area contributed by atoms with E-state index in [0.717, 1.165) is 11.1 Å². The van der Waals surface area contributed by atoms with Gasteiger partial charge < -0.3 is 9.05 Å². The van der Waals surface area contributed by atoms with Gasteiger partial charge in [-0.25, -0.2) is 0 Å². The molecule has 1 aromatic carbocycles. The Balaban J connectivity index is 0.000000159. The largest absolute Gasteiger partial charge is 0.335 e. The minimum atomic E-state index is 0.522. The number of halogens is 2. The normalized spacial score (nSPS) is 10.7. The van der Waals surface area contributed by atoms with Crippen molar-refractivity contribution in [1.29, 1.82) is 0 Å². The molecule has 0 N–H and O–H groups in total. The van der Waals surface area contributed by atoms with Gasteiger partial charge >= 0.3 is 0 Å². The highest BCUT2D eigenvalue weighted by Gasteiger charge is 2.07. The number of thiophene rings is 1. The fraction of sp³-hybridized carbons (Fsp3) is 0.111. The second-order valence-electron chi connectivity index (χ2n) is 5.09. The predicted molar refractivity (Wildman–Crippen MR) is 113 cm³/mol. The maximum absolute atomic E-state index is 5.02. The average molecular weight is 510 g/mol. The minimum Gasteiger partial charge on any atom is -0.335 e. The molecule has 6 nitrogen and oxygen atoms in total. The van der Waals surface area contributed by atoms with E-state index in [4.69, 9.17) is 9.05 Å². The number of hydrogen-bond donors (Lipinski definition) is 0. The molecule has 0 aliphatic carbocycles. The van der Waals surface area contributed by atoms with Crippen molar-refractivity contribution in [1.82, 2.24) is 20.3 Å². The summed E-state index contributed by atoms with van der Waals surface area (Å²) in [4.78, 5) is 8.29. The zero-order valence-corrected chi connectivity index (χ0v) is 17.9. The molecule has 0 aliphatic rings. The van der Waals surface area contributed by atoms with Crippen LogP contribution < -0.4 is 0 Å². The maximum Gasteiger partial charge on any atom is 0.258 e. The Bertz CT molecular complexity index is 968. The summed E-state index contributed by atoms with van der Waals surface area (Å²) >= 11 is 8.12. The molecule has 0 amide bonds. The van der Waals surface area contributed by atoms with E-state index in [9.17, 15) is 0 Å². The van der Waals surface area contributed by atoms with Crippen LogP contribution >= 0.6 is 43.2 Å². The molecule has 0 atom stereocenters. The monoisotopic (exact) mass is 508 g/mol. The first-order valence-electron chi connectivity index (χ1n) is 7.81. The molecule has 0 unspecified atom stereocenters. The van der Waals surface area contributed by atoms with Gasteiger partial charge in [-0.2, -0.15) is 21.3 Å². The fourth-order valence-electron chi connectivity index (χ4n) is 1.93. The number of aromatic nitrogens is 4. The number of hydrogen-bond acceptors (Lipinski definition) is 7. The molecule has 3 aromatic heterocycles. The summed E-state index contributed by atoms with van der Waals surface area (Å²) in [7, 11) is 0. The lowest BCUT2D eigenvalue weighted by molar-refractivity contribution is 0.405. The lowest BCUT2D eigenvalue weighted by Crippen LogP contribution is -1.78. The molecule has 138 valence electrons. The van der Waals surface area contributed by atoms with Gasteiger partial charge in [0, 0.05) is 11.5 Å². The molecule has 4 aromatic rings. The van der Waals surface area contributed by atoms with Crippen LogP contribution in [0.2, 0.25) is 0 Å². The molecule has 0 aliphatic heterocycles. The van der Waals surface area contributed by atoms with E-state index in [-0.39, 0.29) is 0 Å². The van der Waals surface area contributed by atoms with Crippen molar-refractivity contribution in [2.75, 3.05) is 0 Å². The zero-order valence-electron chi connectivity index (χ0n) is 14.0. The summed E-state index contributed by atoms with van der Waals surface area (Å²) in [6.45, 7) is 0. The Morgan fingerprint density at radius 1 is 0.889 bits per heavy atom. The lowest BCUT2D eigenvalue weighted by atomic mass is 10.2. The summed E-state index contributed by atoms with van der Waals surface area (Å²) in [6.07, 6.45) is 3.74. The number of nitrogens with zero attached hydrogens (tertiary/aromatic N) is 4. The zero-order chi connectivity index (χ0) is 18.9. The van der Waals surface area contributed by atoms with Gasteiger partial charge in [-0.1, -0.05) is 72.5 Å². The molecule has 4 rings (SSSR count). The summed E-state index contributed by atoms with van der Waals surface area (Å²) in [5.74, 6) is 2.44. The van der Waals surface area contributed by atoms with Crippen LogP contribution in [0.5, 0.6) is 0 Å². The van der Waals surface area contributed by atoms with Gasteiger partial charge in [-0.05, 0) is 23.1 Å². The van der Waals surface area contributed by atoms with Gasteiger partial charge in [0.2, 0.25) is 0 Å². The molecule has 3 heterocycles. The Morgan fingerprint density at radius 2 is 1.63 bits per heavy atom. The summed E-state index contributed by atoms with van der Waals surface area (Å²) in [5, 5.41) is 12.7. The third-order valence-electron chi connectivity index (χ3n) is 3.18. The van der Waals surface area contributed by atoms with Crippen LogP contribution in [0, 0.1) is 0 Å². The van der Waals surface area contributed by atoms with Crippen molar-refractivity contribution in [3.63, 3.8) is 0 Å². The highest BCUT2D eigenvalue weighted by molar-refractivity contribution is 9.08. The second kappa shape index (κ2) is 10.3. The van der Waals surface area contributed by atoms with E-state index in [1.165, 1.54) is 0 Å². The molecule has 0 spiro atoms. The Morgan fingerprint density at radius 3 is 2.26 bits per heavy atom. The van der Waals surface area contributed by atoms with Crippen LogP contribution in [-0.4, -0.2) is 20.3 Å². The minimum absolute atomic E-state index is 0.522. The van der Waals surface area contributed by atoms with Crippen molar-refractivity contribution in [3.8, 4) is 11.5 Å². The SMILES string of the molecule is BrCc1noc(-c2ccsc2)n1.BrCc1noc(/C=C/c2ccccc2)n1. The van der Waals surface area contributed by atoms with E-state index in [0.29, 0.717) is 34.1 Å². The number of rotatable bonds is 5. The molecule has 0 fully saturated rings. The average Bonchev–Trinajstić information content (AvgIpc) is 3.48. The first-order valence-corrected chi connectivity index (χ1v) is 11.0. The standard InChI is InChI=1S/C11H9BrN2O.C7H5BrN2OS/c12-8-10-13-11(15-14-10)7-6-9-4-2-1-3-5-9;8-3-6-9-7(11-10-6)5-1-2-12-4-5/h1-7H,8H2;1-2,4H,3H2/b7-6+;. The van der Waals surface area contributed by atoms with Crippen molar-refractivity contribution >= 4 is 55.3 Å². The van der Waals surface area contributed by atoms with Crippen molar-refractivity contribution < 1.29 is 9.05 Å². The predicted octanol–water partition coefficient (Wildman–Crippen LogP) is 5.83. The van der Waals surface area contributed by atoms with Gasteiger partial charge in [0.05, 0.1) is 16.2 Å². The number of benzene rings is 1. The van der Waals surface area contributed by atoms with E-state index >= 15 is 0 Å². The van der Waals surface area contributed by atoms with Crippen LogP contribution in [0.1, 0.15) is 23.1 Å². The summed E-state index contributed by atoms with van der Waals surface area (Å²) in [6, 6.07) is 11.9. The van der Waals surface area contributed by atoms with E-state index < -0.39 is 0 Å². The van der Waals surface area contributed by atoms with Gasteiger partial charge in [-0.3, -0.25) is 0 Å². The Labute approximate surface area is 176 Å². The highest BCUT2D eigenvalue weighted by Crippen LogP contribution is 2.20. The second-order valence-corrected chi connectivity index (χ2v) is 6.99. The number of alkyl halides is 2. The fourth-order valence-corrected chi connectivity index (χ4v) is 3.02. The Hall–Kier alpha value is -2.10. The van der Waals surface area contributed by atoms with E-state index in [1.54, 1.807) is 17.4 Å². The first kappa shape index (κ1) is 19.7. The van der Waals surface area contributed by atoms with Crippen molar-refractivity contribution in [2.24, 2.45) is 0 Å². The molecule has 0 saturated heterocycles. The molecule has 27 heavy (non-hydrogen) atoms. The molecular weight excluding hydrogens is 496 g/mol. The van der Waals surface area contributed by atoms with Gasteiger partial charge in [0.25, 0.3) is 11.8 Å². The van der Waals surface area contributed by atoms with Crippen LogP contribution in [0.4, 0.5) is 0 Å². The molecule has 0 radical (unpaired) electrons. The third-order valence-corrected chi connectivity index (χ3v) is 4.86. The first-order chi connectivity index (χ1) is 13.3. The van der Waals surface area contributed by atoms with Crippen molar-refractivity contribution in [2.45, 2.75) is 10.7 Å². The van der Waals surface area contributed by atoms with Crippen molar-refractivity contribution in [3.05, 3.63) is 70.3 Å². The maximum atomic E-state index is 5.02. The van der Waals surface area contributed by atoms with Crippen LogP contribution in [0.3, 0.4) is 0 Å². The molecule has 0 bridgehead atoms. The van der Waals surface area contributed by atoms with Crippen LogP contribution in [-0.2, 0) is 10.7 Å². The molecule has 0 saturated carbocycles. The van der Waals surface area contributed by atoms with Gasteiger partial charge in [0.1, 0.15) is 0 Å². The topological polar surface area (TPSA) is 77.8 Å². The third kappa shape index (κ3) is 5.95. The summed E-state index contributed by atoms with van der Waals surface area (Å²) < 4.78 is 10.0. The van der Waals surface area contributed by atoms with E-state index in [1.807, 2.05) is 53.2 Å². The molecular formula is C18H14Br2N4O2S. The highest BCUT2D eigenvalue weighted by atomic mass is 79.9. The van der Waals surface area contributed by atoms with Gasteiger partial charge in [0.15, 0.2) is 11.6 Å². The van der Waals surface area contributed by atoms with Crippen LogP contribution in [0.25, 0.3) is 23.6 Å². The summed E-state index contributed by atoms with van der Waals surface area (Å²) in [5.41, 5.74) is 2.09.